The number of halogens is 2. The van der Waals surface area contributed by atoms with Crippen molar-refractivity contribution < 1.29 is 27.8 Å². The summed E-state index contributed by atoms with van der Waals surface area (Å²) in [6.45, 7) is 4.74. The van der Waals surface area contributed by atoms with Gasteiger partial charge in [-0.3, -0.25) is 9.59 Å². The number of methoxy groups -OCH3 is 2. The summed E-state index contributed by atoms with van der Waals surface area (Å²) in [5, 5.41) is 2.46. The first-order chi connectivity index (χ1) is 12.3. The zero-order valence-electron chi connectivity index (χ0n) is 15.6. The van der Waals surface area contributed by atoms with E-state index in [9.17, 15) is 18.4 Å². The fourth-order valence-electron chi connectivity index (χ4n) is 2.37. The molecule has 0 radical (unpaired) electrons. The van der Waals surface area contributed by atoms with Gasteiger partial charge in [0.2, 0.25) is 5.91 Å². The fraction of sp³-hybridized carbons (Fsp3) is 0.556. The molecule has 0 bridgehead atoms. The second-order valence-corrected chi connectivity index (χ2v) is 6.10. The van der Waals surface area contributed by atoms with E-state index in [2.05, 4.69) is 5.32 Å². The maximum Gasteiger partial charge on any atom is 0.257 e. The molecule has 2 amide bonds. The first-order valence-electron chi connectivity index (χ1n) is 8.35. The average Bonchev–Trinajstić information content (AvgIpc) is 2.59. The largest absolute Gasteiger partial charge is 0.383 e. The van der Waals surface area contributed by atoms with Crippen LogP contribution in [0.1, 0.15) is 24.2 Å². The molecule has 6 nitrogen and oxygen atoms in total. The predicted molar refractivity (Wildman–Crippen MR) is 92.8 cm³/mol. The summed E-state index contributed by atoms with van der Waals surface area (Å²) >= 11 is 0. The first kappa shape index (κ1) is 22.0. The molecule has 1 N–H and O–H groups in total. The van der Waals surface area contributed by atoms with E-state index in [0.29, 0.717) is 26.3 Å². The topological polar surface area (TPSA) is 67.9 Å². The van der Waals surface area contributed by atoms with Gasteiger partial charge in [-0.15, -0.1) is 0 Å². The van der Waals surface area contributed by atoms with Gasteiger partial charge in [-0.2, -0.15) is 0 Å². The van der Waals surface area contributed by atoms with Crippen LogP contribution in [0.25, 0.3) is 0 Å². The number of ether oxygens (including phenoxy) is 2. The molecular formula is C18H26F2N2O4. The Morgan fingerprint density at radius 2 is 1.58 bits per heavy atom. The molecule has 0 spiro atoms. The first-order valence-corrected chi connectivity index (χ1v) is 8.35. The van der Waals surface area contributed by atoms with Gasteiger partial charge in [0.15, 0.2) is 0 Å². The lowest BCUT2D eigenvalue weighted by molar-refractivity contribution is -0.135. The number of hydrogen-bond acceptors (Lipinski definition) is 4. The van der Waals surface area contributed by atoms with E-state index in [1.54, 1.807) is 13.8 Å². The van der Waals surface area contributed by atoms with Crippen LogP contribution in [-0.4, -0.2) is 63.3 Å². The highest BCUT2D eigenvalue weighted by Gasteiger charge is 2.30. The maximum atomic E-state index is 13.8. The zero-order chi connectivity index (χ0) is 19.7. The quantitative estimate of drug-likeness (QED) is 0.681. The normalized spacial score (nSPS) is 12.1. The Labute approximate surface area is 152 Å². The minimum absolute atomic E-state index is 0.283. The summed E-state index contributed by atoms with van der Waals surface area (Å²) in [4.78, 5) is 26.7. The number of amides is 2. The summed E-state index contributed by atoms with van der Waals surface area (Å²) in [5.41, 5.74) is -0.703. The van der Waals surface area contributed by atoms with Crippen molar-refractivity contribution in [3.8, 4) is 0 Å². The van der Waals surface area contributed by atoms with Gasteiger partial charge >= 0.3 is 0 Å². The number of carbonyl (C=O) groups excluding carboxylic acids is 2. The van der Waals surface area contributed by atoms with Crippen LogP contribution in [0.5, 0.6) is 0 Å². The molecule has 1 aromatic rings. The summed E-state index contributed by atoms with van der Waals surface area (Å²) in [5.74, 6) is -3.57. The van der Waals surface area contributed by atoms with Crippen LogP contribution in [-0.2, 0) is 14.3 Å². The van der Waals surface area contributed by atoms with Gasteiger partial charge < -0.3 is 19.7 Å². The Morgan fingerprint density at radius 3 is 2.00 bits per heavy atom. The lowest BCUT2D eigenvalue weighted by atomic mass is 10.0. The second kappa shape index (κ2) is 10.8. The van der Waals surface area contributed by atoms with Crippen LogP contribution in [0.15, 0.2) is 18.2 Å². The molecule has 0 aliphatic carbocycles. The highest BCUT2D eigenvalue weighted by molar-refractivity contribution is 5.98. The Balaban J connectivity index is 2.98. The van der Waals surface area contributed by atoms with Gasteiger partial charge in [-0.05, 0) is 18.1 Å². The molecule has 0 fully saturated rings. The molecule has 1 atom stereocenters. The molecule has 0 saturated carbocycles. The Bertz CT molecular complexity index is 583. The zero-order valence-corrected chi connectivity index (χ0v) is 15.6. The van der Waals surface area contributed by atoms with E-state index in [1.165, 1.54) is 25.2 Å². The molecule has 1 aromatic carbocycles. The smallest absolute Gasteiger partial charge is 0.257 e. The lowest BCUT2D eigenvalue weighted by Gasteiger charge is -2.29. The minimum atomic E-state index is -0.979. The van der Waals surface area contributed by atoms with Crippen LogP contribution in [0, 0.1) is 17.6 Å². The molecule has 0 saturated heterocycles. The molecular weight excluding hydrogens is 346 g/mol. The summed E-state index contributed by atoms with van der Waals surface area (Å²) in [6.07, 6.45) is 0. The Hall–Kier alpha value is -2.06. The maximum absolute atomic E-state index is 13.8. The van der Waals surface area contributed by atoms with E-state index >= 15 is 0 Å². The molecule has 0 aliphatic heterocycles. The van der Waals surface area contributed by atoms with Gasteiger partial charge in [-0.1, -0.05) is 19.9 Å². The molecule has 0 unspecified atom stereocenters. The van der Waals surface area contributed by atoms with Crippen molar-refractivity contribution in [1.82, 2.24) is 10.2 Å². The highest BCUT2D eigenvalue weighted by atomic mass is 19.1. The van der Waals surface area contributed by atoms with E-state index in [-0.39, 0.29) is 11.8 Å². The second-order valence-electron chi connectivity index (χ2n) is 6.10. The molecule has 0 heterocycles. The van der Waals surface area contributed by atoms with Crippen LogP contribution >= 0.6 is 0 Å². The highest BCUT2D eigenvalue weighted by Crippen LogP contribution is 2.14. The Morgan fingerprint density at radius 1 is 1.08 bits per heavy atom. The Kier molecular flexibility index (Phi) is 9.15. The number of rotatable bonds is 10. The third-order valence-corrected chi connectivity index (χ3v) is 3.85. The van der Waals surface area contributed by atoms with Crippen LogP contribution < -0.4 is 5.32 Å². The van der Waals surface area contributed by atoms with Gasteiger partial charge in [0.1, 0.15) is 23.2 Å². The van der Waals surface area contributed by atoms with Crippen molar-refractivity contribution >= 4 is 11.8 Å². The standard InChI is InChI=1S/C18H26F2N2O4/c1-12(2)16(18(24)22(8-10-25-3)9-11-26-4)21-17(23)15-13(19)6-5-7-14(15)20/h5-7,12,16H,8-11H2,1-4H3,(H,21,23)/t16-/m1/s1. The summed E-state index contributed by atoms with van der Waals surface area (Å²) in [7, 11) is 3.03. The molecule has 0 aromatic heterocycles. The van der Waals surface area contributed by atoms with Crippen molar-refractivity contribution in [2.45, 2.75) is 19.9 Å². The monoisotopic (exact) mass is 372 g/mol. The van der Waals surface area contributed by atoms with Crippen LogP contribution in [0.3, 0.4) is 0 Å². The van der Waals surface area contributed by atoms with E-state index in [0.717, 1.165) is 12.1 Å². The van der Waals surface area contributed by atoms with Gasteiger partial charge in [0, 0.05) is 27.3 Å². The van der Waals surface area contributed by atoms with E-state index < -0.39 is 29.1 Å². The fourth-order valence-corrected chi connectivity index (χ4v) is 2.37. The van der Waals surface area contributed by atoms with Crippen LogP contribution in [0.2, 0.25) is 0 Å². The molecule has 8 heteroatoms. The third-order valence-electron chi connectivity index (χ3n) is 3.85. The summed E-state index contributed by atoms with van der Waals surface area (Å²) < 4.78 is 37.6. The molecule has 26 heavy (non-hydrogen) atoms. The molecule has 0 aliphatic rings. The van der Waals surface area contributed by atoms with Gasteiger partial charge in [0.25, 0.3) is 5.91 Å². The van der Waals surface area contributed by atoms with E-state index in [1.807, 2.05) is 0 Å². The number of nitrogens with one attached hydrogen (secondary N) is 1. The third kappa shape index (κ3) is 6.03. The molecule has 1 rings (SSSR count). The van der Waals surface area contributed by atoms with Crippen molar-refractivity contribution in [2.24, 2.45) is 5.92 Å². The lowest BCUT2D eigenvalue weighted by Crippen LogP contribution is -2.52. The summed E-state index contributed by atoms with van der Waals surface area (Å²) in [6, 6.07) is 2.22. The number of nitrogens with zero attached hydrogens (tertiary/aromatic N) is 1. The van der Waals surface area contributed by atoms with Crippen LogP contribution in [0.4, 0.5) is 8.78 Å². The van der Waals surface area contributed by atoms with E-state index in [4.69, 9.17) is 9.47 Å². The minimum Gasteiger partial charge on any atom is -0.383 e. The van der Waals surface area contributed by atoms with Gasteiger partial charge in [0.05, 0.1) is 13.2 Å². The van der Waals surface area contributed by atoms with Gasteiger partial charge in [-0.25, -0.2) is 8.78 Å². The number of benzene rings is 1. The van der Waals surface area contributed by atoms with Crippen molar-refractivity contribution in [3.05, 3.63) is 35.4 Å². The SMILES string of the molecule is COCCN(CCOC)C(=O)[C@H](NC(=O)c1c(F)cccc1F)C(C)C. The number of carbonyl (C=O) groups is 2. The van der Waals surface area contributed by atoms with Crippen molar-refractivity contribution in [2.75, 3.05) is 40.5 Å². The van der Waals surface area contributed by atoms with Crippen molar-refractivity contribution in [1.29, 1.82) is 0 Å². The average molecular weight is 372 g/mol. The van der Waals surface area contributed by atoms with Crippen molar-refractivity contribution in [3.63, 3.8) is 0 Å². The number of hydrogen-bond donors (Lipinski definition) is 1. The predicted octanol–water partition coefficient (Wildman–Crippen LogP) is 1.84. The molecule has 146 valence electrons.